The molecule has 2 aliphatic rings. The first-order valence-corrected chi connectivity index (χ1v) is 9.04. The molecule has 3 rings (SSSR count). The minimum absolute atomic E-state index is 0.570. The zero-order valence-corrected chi connectivity index (χ0v) is 13.4. The van der Waals surface area contributed by atoms with Gasteiger partial charge >= 0.3 is 0 Å². The summed E-state index contributed by atoms with van der Waals surface area (Å²) in [5.41, 5.74) is 1.23. The van der Waals surface area contributed by atoms with E-state index >= 15 is 0 Å². The zero-order chi connectivity index (χ0) is 13.9. The fourth-order valence-corrected chi connectivity index (χ4v) is 3.48. The number of nitrogens with zero attached hydrogens (tertiary/aromatic N) is 3. The van der Waals surface area contributed by atoms with Gasteiger partial charge in [0.1, 0.15) is 5.03 Å². The molecular weight excluding hydrogens is 290 g/mol. The molecule has 1 unspecified atom stereocenters. The van der Waals surface area contributed by atoms with E-state index in [2.05, 4.69) is 39.4 Å². The lowest BCUT2D eigenvalue weighted by Crippen LogP contribution is -2.60. The molecule has 0 bridgehead atoms. The number of hydrogen-bond acceptors (Lipinski definition) is 6. The van der Waals surface area contributed by atoms with E-state index in [1.165, 1.54) is 16.5 Å². The first-order valence-electron chi connectivity index (χ1n) is 7.17. The fourth-order valence-electron chi connectivity index (χ4n) is 2.93. The van der Waals surface area contributed by atoms with Crippen LogP contribution < -0.4 is 4.90 Å². The normalized spacial score (nSPS) is 24.7. The maximum Gasteiger partial charge on any atom is 0.106 e. The monoisotopic (exact) mass is 311 g/mol. The Bertz CT molecular complexity index is 439. The number of thiol groups is 1. The summed E-state index contributed by atoms with van der Waals surface area (Å²) in [6, 6.07) is 5.43. The van der Waals surface area contributed by atoms with Crippen LogP contribution in [0.3, 0.4) is 0 Å². The number of hydrogen-bond donors (Lipinski definition) is 1. The highest BCUT2D eigenvalue weighted by atomic mass is 33.1. The summed E-state index contributed by atoms with van der Waals surface area (Å²) in [5.74, 6) is 0. The summed E-state index contributed by atoms with van der Waals surface area (Å²) in [7, 11) is 1.39. The smallest absolute Gasteiger partial charge is 0.106 e. The Balaban J connectivity index is 1.69. The van der Waals surface area contributed by atoms with Crippen molar-refractivity contribution in [1.82, 2.24) is 9.88 Å². The molecule has 110 valence electrons. The molecule has 0 spiro atoms. The molecule has 1 aromatic heterocycles. The number of pyridine rings is 1. The zero-order valence-electron chi connectivity index (χ0n) is 11.7. The van der Waals surface area contributed by atoms with E-state index in [0.29, 0.717) is 12.1 Å². The summed E-state index contributed by atoms with van der Waals surface area (Å²) in [6.45, 7) is 7.41. The van der Waals surface area contributed by atoms with Crippen molar-refractivity contribution >= 4 is 28.1 Å². The van der Waals surface area contributed by atoms with Crippen LogP contribution in [-0.4, -0.2) is 54.8 Å². The van der Waals surface area contributed by atoms with Gasteiger partial charge in [0.25, 0.3) is 0 Å². The largest absolute Gasteiger partial charge is 0.378 e. The number of anilines is 1. The molecule has 6 heteroatoms. The Morgan fingerprint density at radius 2 is 2.25 bits per heavy atom. The molecule has 1 atom stereocenters. The van der Waals surface area contributed by atoms with Crippen LogP contribution in [-0.2, 0) is 4.74 Å². The van der Waals surface area contributed by atoms with E-state index in [9.17, 15) is 0 Å². The van der Waals surface area contributed by atoms with Crippen LogP contribution in [0.25, 0.3) is 0 Å². The van der Waals surface area contributed by atoms with E-state index in [1.807, 2.05) is 12.3 Å². The predicted octanol–water partition coefficient (Wildman–Crippen LogP) is 2.32. The van der Waals surface area contributed by atoms with Gasteiger partial charge in [-0.1, -0.05) is 6.92 Å². The van der Waals surface area contributed by atoms with E-state index < -0.39 is 0 Å². The molecule has 0 radical (unpaired) electrons. The standard InChI is InChI=1S/C14H21N3OS2/c1-2-11-8-16(13-9-18-10-13)5-6-17(11)12-3-4-14(20-19)15-7-12/h3-4,7,11,13,19H,2,5-6,8-10H2,1H3. The molecule has 3 heterocycles. The maximum atomic E-state index is 5.32. The van der Waals surface area contributed by atoms with Gasteiger partial charge in [-0.15, -0.1) is 11.7 Å². The van der Waals surface area contributed by atoms with Gasteiger partial charge in [-0.05, 0) is 29.3 Å². The quantitative estimate of drug-likeness (QED) is 0.681. The second kappa shape index (κ2) is 6.56. The Labute approximate surface area is 129 Å². The van der Waals surface area contributed by atoms with Crippen LogP contribution in [0, 0.1) is 0 Å². The third-order valence-electron chi connectivity index (χ3n) is 4.27. The Hall–Kier alpha value is -0.430. The maximum absolute atomic E-state index is 5.32. The van der Waals surface area contributed by atoms with Crippen LogP contribution in [0.5, 0.6) is 0 Å². The fraction of sp³-hybridized carbons (Fsp3) is 0.643. The molecule has 0 aromatic carbocycles. The molecule has 0 amide bonds. The van der Waals surface area contributed by atoms with Crippen molar-refractivity contribution in [2.75, 3.05) is 37.7 Å². The van der Waals surface area contributed by atoms with Gasteiger partial charge in [-0.2, -0.15) is 0 Å². The van der Waals surface area contributed by atoms with Gasteiger partial charge in [0, 0.05) is 25.7 Å². The average molecular weight is 311 g/mol. The lowest BCUT2D eigenvalue weighted by Gasteiger charge is -2.47. The van der Waals surface area contributed by atoms with Gasteiger partial charge in [-0.25, -0.2) is 4.98 Å². The first-order chi connectivity index (χ1) is 9.81. The van der Waals surface area contributed by atoms with E-state index in [-0.39, 0.29) is 0 Å². The number of rotatable bonds is 4. The van der Waals surface area contributed by atoms with Crippen LogP contribution in [0.15, 0.2) is 23.4 Å². The molecular formula is C14H21N3OS2. The minimum Gasteiger partial charge on any atom is -0.378 e. The third-order valence-corrected chi connectivity index (χ3v) is 5.26. The molecule has 0 aliphatic carbocycles. The van der Waals surface area contributed by atoms with Crippen LogP contribution in [0.1, 0.15) is 13.3 Å². The number of ether oxygens (including phenoxy) is 1. The summed E-state index contributed by atoms with van der Waals surface area (Å²) in [4.78, 5) is 9.51. The highest BCUT2D eigenvalue weighted by Gasteiger charge is 2.33. The molecule has 1 aromatic rings. The second-order valence-corrected chi connectivity index (χ2v) is 6.54. The summed E-state index contributed by atoms with van der Waals surface area (Å²) in [5, 5.41) is 0.954. The molecule has 20 heavy (non-hydrogen) atoms. The Kier molecular flexibility index (Phi) is 4.75. The van der Waals surface area contributed by atoms with E-state index in [1.54, 1.807) is 0 Å². The van der Waals surface area contributed by atoms with Gasteiger partial charge < -0.3 is 9.64 Å². The van der Waals surface area contributed by atoms with Crippen LogP contribution >= 0.6 is 22.5 Å². The van der Waals surface area contributed by atoms with Crippen molar-refractivity contribution in [2.45, 2.75) is 30.5 Å². The first kappa shape index (κ1) is 14.5. The Morgan fingerprint density at radius 3 is 2.80 bits per heavy atom. The van der Waals surface area contributed by atoms with Crippen molar-refractivity contribution in [3.05, 3.63) is 18.3 Å². The van der Waals surface area contributed by atoms with Gasteiger partial charge in [0.05, 0.1) is 31.1 Å². The Morgan fingerprint density at radius 1 is 1.40 bits per heavy atom. The molecule has 0 saturated carbocycles. The molecule has 2 fully saturated rings. The number of aromatic nitrogens is 1. The third kappa shape index (κ3) is 2.93. The summed E-state index contributed by atoms with van der Waals surface area (Å²) in [6.07, 6.45) is 3.14. The molecule has 2 saturated heterocycles. The minimum atomic E-state index is 0.570. The van der Waals surface area contributed by atoms with Crippen LogP contribution in [0.4, 0.5) is 5.69 Å². The van der Waals surface area contributed by atoms with E-state index in [4.69, 9.17) is 4.74 Å². The highest BCUT2D eigenvalue weighted by molar-refractivity contribution is 8.68. The molecule has 0 N–H and O–H groups in total. The van der Waals surface area contributed by atoms with Crippen molar-refractivity contribution < 1.29 is 4.74 Å². The van der Waals surface area contributed by atoms with Crippen LogP contribution in [0.2, 0.25) is 0 Å². The molecule has 2 aliphatic heterocycles. The van der Waals surface area contributed by atoms with Crippen molar-refractivity contribution in [2.24, 2.45) is 0 Å². The number of piperazine rings is 1. The summed E-state index contributed by atoms with van der Waals surface area (Å²) < 4.78 is 5.32. The van der Waals surface area contributed by atoms with Gasteiger partial charge in [0.2, 0.25) is 0 Å². The van der Waals surface area contributed by atoms with Crippen molar-refractivity contribution in [3.8, 4) is 0 Å². The van der Waals surface area contributed by atoms with Gasteiger partial charge in [-0.3, -0.25) is 4.90 Å². The SMILES string of the molecule is CCC1CN(C2COC2)CCN1c1ccc(SS)nc1. The van der Waals surface area contributed by atoms with Gasteiger partial charge in [0.15, 0.2) is 0 Å². The highest BCUT2D eigenvalue weighted by Crippen LogP contribution is 2.26. The summed E-state index contributed by atoms with van der Waals surface area (Å²) >= 11 is 4.18. The van der Waals surface area contributed by atoms with Crippen molar-refractivity contribution in [3.63, 3.8) is 0 Å². The average Bonchev–Trinajstić information content (AvgIpc) is 2.45. The van der Waals surface area contributed by atoms with E-state index in [0.717, 1.165) is 44.3 Å². The molecule has 4 nitrogen and oxygen atoms in total. The topological polar surface area (TPSA) is 28.6 Å². The second-order valence-electron chi connectivity index (χ2n) is 5.39. The predicted molar refractivity (Wildman–Crippen MR) is 86.7 cm³/mol. The lowest BCUT2D eigenvalue weighted by atomic mass is 10.1. The lowest BCUT2D eigenvalue weighted by molar-refractivity contribution is -0.0698. The van der Waals surface area contributed by atoms with Crippen molar-refractivity contribution in [1.29, 1.82) is 0 Å².